The van der Waals surface area contributed by atoms with Gasteiger partial charge in [-0.3, -0.25) is 0 Å². The van der Waals surface area contributed by atoms with E-state index >= 15 is 0 Å². The van der Waals surface area contributed by atoms with E-state index in [0.29, 0.717) is 0 Å². The molecule has 1 aliphatic rings. The molecule has 1 aromatic rings. The number of benzene rings is 1. The van der Waals surface area contributed by atoms with Crippen molar-refractivity contribution in [3.8, 4) is 11.5 Å². The topological polar surface area (TPSA) is 44.5 Å². The van der Waals surface area contributed by atoms with Crippen LogP contribution in [0.2, 0.25) is 0 Å². The molecule has 4 heteroatoms. The van der Waals surface area contributed by atoms with Crippen molar-refractivity contribution in [2.24, 2.45) is 5.73 Å². The number of ether oxygens (including phenoxy) is 2. The predicted molar refractivity (Wildman–Crippen MR) is 80.3 cm³/mol. The van der Waals surface area contributed by atoms with Crippen molar-refractivity contribution in [2.45, 2.75) is 42.5 Å². The van der Waals surface area contributed by atoms with Crippen molar-refractivity contribution in [1.82, 2.24) is 0 Å². The number of thioether (sulfide) groups is 1. The fourth-order valence-electron chi connectivity index (χ4n) is 2.88. The molecule has 0 bridgehead atoms. The highest BCUT2D eigenvalue weighted by Crippen LogP contribution is 2.44. The molecule has 1 aromatic carbocycles. The number of nitrogens with two attached hydrogens (primary N) is 1. The molecule has 19 heavy (non-hydrogen) atoms. The Morgan fingerprint density at radius 2 is 1.79 bits per heavy atom. The second-order valence-electron chi connectivity index (χ2n) is 5.13. The third-order valence-electron chi connectivity index (χ3n) is 3.97. The Balaban J connectivity index is 2.52. The van der Waals surface area contributed by atoms with Crippen LogP contribution in [0.15, 0.2) is 17.0 Å². The normalized spacial score (nSPS) is 18.1. The first-order chi connectivity index (χ1) is 9.14. The largest absolute Gasteiger partial charge is 0.497 e. The van der Waals surface area contributed by atoms with Gasteiger partial charge in [-0.05, 0) is 31.2 Å². The van der Waals surface area contributed by atoms with Crippen molar-refractivity contribution < 1.29 is 9.47 Å². The number of hydrogen-bond donors (Lipinski definition) is 1. The highest BCUT2D eigenvalue weighted by atomic mass is 32.2. The number of hydrogen-bond acceptors (Lipinski definition) is 4. The maximum Gasteiger partial charge on any atom is 0.137 e. The lowest BCUT2D eigenvalue weighted by molar-refractivity contribution is 0.285. The van der Waals surface area contributed by atoms with Crippen molar-refractivity contribution in [3.63, 3.8) is 0 Å². The fraction of sp³-hybridized carbons (Fsp3) is 0.600. The lowest BCUT2D eigenvalue weighted by Crippen LogP contribution is -2.39. The van der Waals surface area contributed by atoms with Crippen LogP contribution < -0.4 is 15.2 Å². The van der Waals surface area contributed by atoms with Crippen LogP contribution in [0, 0.1) is 0 Å². The second-order valence-corrected chi connectivity index (χ2v) is 5.98. The zero-order valence-corrected chi connectivity index (χ0v) is 12.8. The van der Waals surface area contributed by atoms with E-state index in [2.05, 4.69) is 0 Å². The van der Waals surface area contributed by atoms with Gasteiger partial charge >= 0.3 is 0 Å². The van der Waals surface area contributed by atoms with Gasteiger partial charge in [-0.25, -0.2) is 0 Å². The van der Waals surface area contributed by atoms with E-state index in [0.717, 1.165) is 34.8 Å². The summed E-state index contributed by atoms with van der Waals surface area (Å²) in [6.07, 6.45) is 7.73. The zero-order valence-electron chi connectivity index (χ0n) is 12.0. The minimum atomic E-state index is -0.275. The molecule has 0 aromatic heterocycles. The van der Waals surface area contributed by atoms with E-state index in [4.69, 9.17) is 15.2 Å². The molecular weight excluding hydrogens is 258 g/mol. The molecule has 1 fully saturated rings. The van der Waals surface area contributed by atoms with E-state index in [1.165, 1.54) is 19.3 Å². The van der Waals surface area contributed by atoms with E-state index in [9.17, 15) is 0 Å². The lowest BCUT2D eigenvalue weighted by atomic mass is 9.77. The average Bonchev–Trinajstić information content (AvgIpc) is 2.46. The summed E-state index contributed by atoms with van der Waals surface area (Å²) in [5.74, 6) is 1.77. The van der Waals surface area contributed by atoms with Gasteiger partial charge in [-0.2, -0.15) is 0 Å². The van der Waals surface area contributed by atoms with Crippen molar-refractivity contribution in [3.05, 3.63) is 17.7 Å². The molecule has 0 atom stereocenters. The average molecular weight is 281 g/mol. The van der Waals surface area contributed by atoms with Gasteiger partial charge in [0.15, 0.2) is 0 Å². The molecular formula is C15H23NO2S. The summed E-state index contributed by atoms with van der Waals surface area (Å²) in [7, 11) is 3.41. The van der Waals surface area contributed by atoms with Crippen LogP contribution >= 0.6 is 11.8 Å². The summed E-state index contributed by atoms with van der Waals surface area (Å²) >= 11 is 1.67. The Hall–Kier alpha value is -0.870. The van der Waals surface area contributed by atoms with Gasteiger partial charge in [0.2, 0.25) is 0 Å². The number of methoxy groups -OCH3 is 2. The molecule has 0 saturated heterocycles. The number of rotatable bonds is 4. The summed E-state index contributed by atoms with van der Waals surface area (Å²) in [6, 6.07) is 4.06. The predicted octanol–water partition coefficient (Wildman–Crippen LogP) is 3.54. The Labute approximate surface area is 119 Å². The van der Waals surface area contributed by atoms with Crippen molar-refractivity contribution >= 4 is 11.8 Å². The smallest absolute Gasteiger partial charge is 0.137 e. The van der Waals surface area contributed by atoms with Crippen LogP contribution in [0.3, 0.4) is 0 Å². The molecule has 2 rings (SSSR count). The first-order valence-electron chi connectivity index (χ1n) is 6.74. The molecule has 0 amide bonds. The first kappa shape index (κ1) is 14.5. The van der Waals surface area contributed by atoms with Crippen LogP contribution in [0.1, 0.15) is 37.7 Å². The molecule has 0 unspecified atom stereocenters. The monoisotopic (exact) mass is 281 g/mol. The van der Waals surface area contributed by atoms with Gasteiger partial charge in [-0.15, -0.1) is 11.8 Å². The highest BCUT2D eigenvalue weighted by Gasteiger charge is 2.33. The van der Waals surface area contributed by atoms with Gasteiger partial charge in [0.1, 0.15) is 11.5 Å². The molecule has 0 spiro atoms. The Kier molecular flexibility index (Phi) is 4.63. The maximum atomic E-state index is 6.66. The van der Waals surface area contributed by atoms with Crippen LogP contribution in [0.25, 0.3) is 0 Å². The Morgan fingerprint density at radius 1 is 1.11 bits per heavy atom. The van der Waals surface area contributed by atoms with Gasteiger partial charge in [0, 0.05) is 11.1 Å². The molecule has 0 heterocycles. The minimum Gasteiger partial charge on any atom is -0.497 e. The van der Waals surface area contributed by atoms with Gasteiger partial charge < -0.3 is 15.2 Å². The van der Waals surface area contributed by atoms with E-state index in [-0.39, 0.29) is 5.54 Å². The standard InChI is InChI=1S/C15H23NO2S/c1-17-11-9-12(14(18-2)13(10-11)19-3)15(16)7-5-4-6-8-15/h9-10H,4-8,16H2,1-3H3. The van der Waals surface area contributed by atoms with Crippen molar-refractivity contribution in [2.75, 3.05) is 20.5 Å². The zero-order chi connectivity index (χ0) is 13.9. The molecule has 106 valence electrons. The van der Waals surface area contributed by atoms with Gasteiger partial charge in [0.05, 0.1) is 19.1 Å². The maximum absolute atomic E-state index is 6.66. The lowest BCUT2D eigenvalue weighted by Gasteiger charge is -2.35. The third kappa shape index (κ3) is 2.84. The Bertz CT molecular complexity index is 442. The van der Waals surface area contributed by atoms with Gasteiger partial charge in [0.25, 0.3) is 0 Å². The fourth-order valence-corrected chi connectivity index (χ4v) is 3.49. The van der Waals surface area contributed by atoms with E-state index in [1.807, 2.05) is 18.4 Å². The van der Waals surface area contributed by atoms with Gasteiger partial charge in [-0.1, -0.05) is 19.3 Å². The summed E-state index contributed by atoms with van der Waals surface area (Å²) < 4.78 is 11.0. The molecule has 3 nitrogen and oxygen atoms in total. The third-order valence-corrected chi connectivity index (χ3v) is 4.71. The summed E-state index contributed by atoms with van der Waals surface area (Å²) in [4.78, 5) is 1.09. The molecule has 1 aliphatic carbocycles. The van der Waals surface area contributed by atoms with Crippen LogP contribution in [0.4, 0.5) is 0 Å². The summed E-state index contributed by atoms with van der Waals surface area (Å²) in [5.41, 5.74) is 7.48. The second kappa shape index (κ2) is 6.06. The minimum absolute atomic E-state index is 0.275. The molecule has 0 aliphatic heterocycles. The SMILES string of the molecule is COc1cc(SC)c(OC)c(C2(N)CCCCC2)c1. The molecule has 0 radical (unpaired) electrons. The van der Waals surface area contributed by atoms with E-state index in [1.54, 1.807) is 26.0 Å². The van der Waals surface area contributed by atoms with E-state index < -0.39 is 0 Å². The summed E-state index contributed by atoms with van der Waals surface area (Å²) in [6.45, 7) is 0. The Morgan fingerprint density at radius 3 is 2.32 bits per heavy atom. The van der Waals surface area contributed by atoms with Crippen molar-refractivity contribution in [1.29, 1.82) is 0 Å². The molecule has 1 saturated carbocycles. The van der Waals surface area contributed by atoms with Crippen LogP contribution in [-0.2, 0) is 5.54 Å². The van der Waals surface area contributed by atoms with Crippen LogP contribution in [-0.4, -0.2) is 20.5 Å². The molecule has 2 N–H and O–H groups in total. The first-order valence-corrected chi connectivity index (χ1v) is 7.96. The quantitative estimate of drug-likeness (QED) is 0.857. The highest BCUT2D eigenvalue weighted by molar-refractivity contribution is 7.98. The van der Waals surface area contributed by atoms with Crippen LogP contribution in [0.5, 0.6) is 11.5 Å². The summed E-state index contributed by atoms with van der Waals surface area (Å²) in [5, 5.41) is 0.